The minimum atomic E-state index is -1.83. The smallest absolute Gasteiger partial charge is 0.450 e. The van der Waals surface area contributed by atoms with Gasteiger partial charge in [0.1, 0.15) is 0 Å². The van der Waals surface area contributed by atoms with Crippen molar-refractivity contribution in [3.8, 4) is 0 Å². The zero-order chi connectivity index (χ0) is 10.7. The van der Waals surface area contributed by atoms with Crippen LogP contribution in [-0.4, -0.2) is 16.4 Å². The van der Waals surface area contributed by atoms with Crippen LogP contribution in [0, 0.1) is 0 Å². The molecule has 0 aromatic carbocycles. The summed E-state index contributed by atoms with van der Waals surface area (Å²) in [6, 6.07) is 0. The maximum atomic E-state index is 8.56. The van der Waals surface area contributed by atoms with Crippen LogP contribution in [0.5, 0.6) is 0 Å². The van der Waals surface area contributed by atoms with Gasteiger partial charge in [-0.3, -0.25) is 0 Å². The number of allylic oxidation sites excluding steroid dienone is 5. The van der Waals surface area contributed by atoms with Crippen molar-refractivity contribution in [3.63, 3.8) is 0 Å². The Morgan fingerprint density at radius 2 is 1.92 bits per heavy atom. The van der Waals surface area contributed by atoms with Crippen molar-refractivity contribution in [3.05, 3.63) is 36.5 Å². The van der Waals surface area contributed by atoms with Gasteiger partial charge in [0, 0.05) is 0 Å². The van der Waals surface area contributed by atoms with E-state index in [9.17, 15) is 0 Å². The molecule has 2 N–H and O–H groups in total. The van der Waals surface area contributed by atoms with Gasteiger partial charge < -0.3 is 10.2 Å². The third kappa shape index (κ3) is 25.1. The SMILES string of the molecule is C=CCC=CC(C)=CC.O=C(O)O. The molecule has 0 bridgehead atoms. The summed E-state index contributed by atoms with van der Waals surface area (Å²) in [4.78, 5) is 8.56. The van der Waals surface area contributed by atoms with Crippen LogP contribution in [0.2, 0.25) is 0 Å². The summed E-state index contributed by atoms with van der Waals surface area (Å²) in [6.07, 6.45) is 7.30. The zero-order valence-electron chi connectivity index (χ0n) is 8.03. The van der Waals surface area contributed by atoms with Crippen LogP contribution in [0.3, 0.4) is 0 Å². The van der Waals surface area contributed by atoms with E-state index in [1.165, 1.54) is 5.57 Å². The molecule has 0 aromatic heterocycles. The van der Waals surface area contributed by atoms with Crippen LogP contribution in [0.25, 0.3) is 0 Å². The fraction of sp³-hybridized carbons (Fsp3) is 0.300. The number of rotatable bonds is 3. The summed E-state index contributed by atoms with van der Waals surface area (Å²) in [7, 11) is 0. The molecule has 0 aliphatic rings. The van der Waals surface area contributed by atoms with Crippen LogP contribution in [0.15, 0.2) is 36.5 Å². The lowest BCUT2D eigenvalue weighted by atomic mass is 10.2. The fourth-order valence-corrected chi connectivity index (χ4v) is 0.446. The van der Waals surface area contributed by atoms with Crippen molar-refractivity contribution in [1.82, 2.24) is 0 Å². The molecular formula is C10H16O3. The monoisotopic (exact) mass is 184 g/mol. The van der Waals surface area contributed by atoms with Crippen molar-refractivity contribution < 1.29 is 15.0 Å². The van der Waals surface area contributed by atoms with E-state index in [1.54, 1.807) is 0 Å². The van der Waals surface area contributed by atoms with Crippen molar-refractivity contribution in [2.24, 2.45) is 0 Å². The lowest BCUT2D eigenvalue weighted by Gasteiger charge is -1.84. The lowest BCUT2D eigenvalue weighted by Crippen LogP contribution is -1.81. The maximum absolute atomic E-state index is 8.56. The Balaban J connectivity index is 0. The zero-order valence-corrected chi connectivity index (χ0v) is 8.03. The Hall–Kier alpha value is -1.51. The Labute approximate surface area is 78.7 Å². The maximum Gasteiger partial charge on any atom is 0.503 e. The predicted octanol–water partition coefficient (Wildman–Crippen LogP) is 3.31. The first-order valence-corrected chi connectivity index (χ1v) is 3.86. The fourth-order valence-electron chi connectivity index (χ4n) is 0.446. The van der Waals surface area contributed by atoms with Gasteiger partial charge in [-0.25, -0.2) is 4.79 Å². The first-order chi connectivity index (χ1) is 6.04. The molecule has 0 spiro atoms. The summed E-state index contributed by atoms with van der Waals surface area (Å²) >= 11 is 0. The van der Waals surface area contributed by atoms with Gasteiger partial charge in [0.15, 0.2) is 0 Å². The Morgan fingerprint density at radius 1 is 1.46 bits per heavy atom. The highest BCUT2D eigenvalue weighted by atomic mass is 16.6. The summed E-state index contributed by atoms with van der Waals surface area (Å²) in [5.41, 5.74) is 1.30. The standard InChI is InChI=1S/C9H14.CH2O3/c1-4-6-7-8-9(3)5-2;2-1(3)4/h4-5,7-8H,1,6H2,2-3H3;(H2,2,3,4). The summed E-state index contributed by atoms with van der Waals surface area (Å²) in [6.45, 7) is 7.73. The number of hydrogen-bond acceptors (Lipinski definition) is 1. The molecule has 3 heteroatoms. The van der Waals surface area contributed by atoms with Crippen LogP contribution in [0.1, 0.15) is 20.3 Å². The normalized spacial score (nSPS) is 10.5. The van der Waals surface area contributed by atoms with Gasteiger partial charge in [0.25, 0.3) is 0 Å². The van der Waals surface area contributed by atoms with E-state index in [0.717, 1.165) is 6.42 Å². The Morgan fingerprint density at radius 3 is 2.23 bits per heavy atom. The summed E-state index contributed by atoms with van der Waals surface area (Å²) in [5.74, 6) is 0. The second-order valence-electron chi connectivity index (χ2n) is 2.24. The van der Waals surface area contributed by atoms with Gasteiger partial charge in [-0.05, 0) is 20.3 Å². The molecule has 0 saturated carbocycles. The van der Waals surface area contributed by atoms with Crippen LogP contribution in [-0.2, 0) is 0 Å². The topological polar surface area (TPSA) is 57.5 Å². The molecule has 74 valence electrons. The van der Waals surface area contributed by atoms with E-state index in [4.69, 9.17) is 15.0 Å². The van der Waals surface area contributed by atoms with Crippen molar-refractivity contribution >= 4 is 6.16 Å². The average molecular weight is 184 g/mol. The van der Waals surface area contributed by atoms with Gasteiger partial charge in [0.05, 0.1) is 0 Å². The van der Waals surface area contributed by atoms with E-state index in [-0.39, 0.29) is 0 Å². The Kier molecular flexibility index (Phi) is 11.3. The van der Waals surface area contributed by atoms with Gasteiger partial charge in [0.2, 0.25) is 0 Å². The molecule has 0 aliphatic heterocycles. The number of carboxylic acid groups (broad SMARTS) is 2. The molecule has 0 unspecified atom stereocenters. The minimum absolute atomic E-state index is 0.963. The molecule has 0 atom stereocenters. The molecule has 0 amide bonds. The van der Waals surface area contributed by atoms with Crippen LogP contribution >= 0.6 is 0 Å². The highest BCUT2D eigenvalue weighted by molar-refractivity contribution is 5.53. The van der Waals surface area contributed by atoms with E-state index < -0.39 is 6.16 Å². The minimum Gasteiger partial charge on any atom is -0.450 e. The Bertz CT molecular complexity index is 198. The van der Waals surface area contributed by atoms with E-state index in [1.807, 2.05) is 13.0 Å². The average Bonchev–Trinajstić information content (AvgIpc) is 2.03. The van der Waals surface area contributed by atoms with E-state index in [2.05, 4.69) is 31.7 Å². The van der Waals surface area contributed by atoms with Crippen LogP contribution < -0.4 is 0 Å². The van der Waals surface area contributed by atoms with Gasteiger partial charge in [-0.15, -0.1) is 6.58 Å². The van der Waals surface area contributed by atoms with Crippen molar-refractivity contribution in [2.75, 3.05) is 0 Å². The van der Waals surface area contributed by atoms with Crippen molar-refractivity contribution in [1.29, 1.82) is 0 Å². The highest BCUT2D eigenvalue weighted by Crippen LogP contribution is 1.94. The molecule has 13 heavy (non-hydrogen) atoms. The molecule has 0 saturated heterocycles. The van der Waals surface area contributed by atoms with Crippen LogP contribution in [0.4, 0.5) is 4.79 Å². The largest absolute Gasteiger partial charge is 0.503 e. The first kappa shape index (κ1) is 14.0. The molecule has 3 nitrogen and oxygen atoms in total. The lowest BCUT2D eigenvalue weighted by molar-refractivity contribution is 0.137. The predicted molar refractivity (Wildman–Crippen MR) is 54.0 cm³/mol. The highest BCUT2D eigenvalue weighted by Gasteiger charge is 1.73. The third-order valence-corrected chi connectivity index (χ3v) is 1.14. The van der Waals surface area contributed by atoms with Gasteiger partial charge in [-0.2, -0.15) is 0 Å². The molecule has 0 aromatic rings. The third-order valence-electron chi connectivity index (χ3n) is 1.14. The molecule has 0 fully saturated rings. The second-order valence-corrected chi connectivity index (χ2v) is 2.24. The number of hydrogen-bond donors (Lipinski definition) is 2. The van der Waals surface area contributed by atoms with E-state index >= 15 is 0 Å². The second kappa shape index (κ2) is 10.5. The summed E-state index contributed by atoms with van der Waals surface area (Å²) < 4.78 is 0. The van der Waals surface area contributed by atoms with Gasteiger partial charge in [-0.1, -0.05) is 29.9 Å². The van der Waals surface area contributed by atoms with Gasteiger partial charge >= 0.3 is 6.16 Å². The summed E-state index contributed by atoms with van der Waals surface area (Å²) in [5, 5.41) is 13.9. The first-order valence-electron chi connectivity index (χ1n) is 3.86. The molecule has 0 rings (SSSR count). The molecular weight excluding hydrogens is 168 g/mol. The van der Waals surface area contributed by atoms with E-state index in [0.29, 0.717) is 0 Å². The molecule has 0 heterocycles. The number of carbonyl (C=O) groups is 1. The van der Waals surface area contributed by atoms with Crippen molar-refractivity contribution in [2.45, 2.75) is 20.3 Å². The molecule has 0 radical (unpaired) electrons. The molecule has 0 aliphatic carbocycles. The quantitative estimate of drug-likeness (QED) is 0.522.